The fourth-order valence-electron chi connectivity index (χ4n) is 7.74. The van der Waals surface area contributed by atoms with E-state index in [1.807, 2.05) is 24.3 Å². The van der Waals surface area contributed by atoms with Crippen molar-refractivity contribution in [1.29, 1.82) is 0 Å². The van der Waals surface area contributed by atoms with E-state index in [9.17, 15) is 0 Å². The Morgan fingerprint density at radius 2 is 0.553 bits per heavy atom. The van der Waals surface area contributed by atoms with Crippen molar-refractivity contribution in [3.63, 3.8) is 0 Å². The third kappa shape index (κ3) is 9.31. The highest BCUT2D eigenvalue weighted by Gasteiger charge is 2.16. The van der Waals surface area contributed by atoms with E-state index in [-0.39, 0.29) is 0 Å². The predicted molar refractivity (Wildman–Crippen MR) is 207 cm³/mol. The predicted octanol–water partition coefficient (Wildman–Crippen LogP) is 11.8. The number of nitrogen functional groups attached to an aromatic ring is 2. The second-order valence-corrected chi connectivity index (χ2v) is 14.4. The minimum Gasteiger partial charge on any atom is -0.399 e. The second kappa shape index (κ2) is 17.0. The zero-order valence-electron chi connectivity index (χ0n) is 31.0. The van der Waals surface area contributed by atoms with E-state index < -0.39 is 0 Å². The summed E-state index contributed by atoms with van der Waals surface area (Å²) >= 11 is 0. The first-order chi connectivity index (χ1) is 22.5. The van der Waals surface area contributed by atoms with Gasteiger partial charge in [-0.1, -0.05) is 69.2 Å². The van der Waals surface area contributed by atoms with Gasteiger partial charge in [-0.05, 0) is 196 Å². The van der Waals surface area contributed by atoms with E-state index in [4.69, 9.17) is 11.5 Å². The van der Waals surface area contributed by atoms with Crippen LogP contribution < -0.4 is 11.5 Å². The van der Waals surface area contributed by atoms with Crippen molar-refractivity contribution in [3.05, 3.63) is 126 Å². The van der Waals surface area contributed by atoms with Gasteiger partial charge in [-0.3, -0.25) is 0 Å². The molecule has 0 aliphatic rings. The number of hydrogen-bond donors (Lipinski definition) is 2. The summed E-state index contributed by atoms with van der Waals surface area (Å²) in [5.41, 5.74) is 34.2. The fraction of sp³-hybridized carbons (Fsp3) is 0.467. The molecule has 2 nitrogen and oxygen atoms in total. The Balaban J connectivity index is 1.15. The summed E-state index contributed by atoms with van der Waals surface area (Å²) in [5, 5.41) is 0. The molecule has 0 spiro atoms. The summed E-state index contributed by atoms with van der Waals surface area (Å²) in [6.45, 7) is 18.6. The molecule has 0 aromatic heterocycles. The van der Waals surface area contributed by atoms with E-state index in [1.54, 1.807) is 11.1 Å². The third-order valence-electron chi connectivity index (χ3n) is 11.4. The average molecular weight is 631 g/mol. The van der Waals surface area contributed by atoms with Gasteiger partial charge in [-0.25, -0.2) is 0 Å². The van der Waals surface area contributed by atoms with Gasteiger partial charge in [-0.15, -0.1) is 0 Å². The number of hydrogen-bond acceptors (Lipinski definition) is 2. The number of benzene rings is 4. The molecule has 0 heterocycles. The largest absolute Gasteiger partial charge is 0.399 e. The maximum atomic E-state index is 5.91. The zero-order valence-corrected chi connectivity index (χ0v) is 31.0. The molecule has 0 radical (unpaired) electrons. The Kier molecular flexibility index (Phi) is 13.2. The number of nitrogens with two attached hydrogens (primary N) is 2. The van der Waals surface area contributed by atoms with Crippen molar-refractivity contribution < 1.29 is 0 Å². The molecule has 2 heteroatoms. The highest BCUT2D eigenvalue weighted by molar-refractivity contribution is 5.53. The van der Waals surface area contributed by atoms with Crippen molar-refractivity contribution in [1.82, 2.24) is 0 Å². The lowest BCUT2D eigenvalue weighted by molar-refractivity contribution is 0.557. The fourth-order valence-corrected chi connectivity index (χ4v) is 7.74. The first-order valence-electron chi connectivity index (χ1n) is 18.3. The van der Waals surface area contributed by atoms with Gasteiger partial charge in [0.1, 0.15) is 0 Å². The number of unbranched alkanes of at least 4 members (excludes halogenated alkanes) is 8. The summed E-state index contributed by atoms with van der Waals surface area (Å²) in [4.78, 5) is 0. The van der Waals surface area contributed by atoms with Gasteiger partial charge in [0.2, 0.25) is 0 Å². The molecule has 0 aliphatic carbocycles. The molecule has 0 atom stereocenters. The van der Waals surface area contributed by atoms with Crippen LogP contribution in [0.25, 0.3) is 0 Å². The molecule has 0 saturated heterocycles. The van der Waals surface area contributed by atoms with Crippen LogP contribution in [0.1, 0.15) is 136 Å². The molecule has 0 aliphatic heterocycles. The molecular formula is C45H62N2. The van der Waals surface area contributed by atoms with Crippen LogP contribution in [0.2, 0.25) is 0 Å². The minimum atomic E-state index is 0.834. The summed E-state index contributed by atoms with van der Waals surface area (Å²) < 4.78 is 0. The summed E-state index contributed by atoms with van der Waals surface area (Å²) in [6.07, 6.45) is 16.5. The number of anilines is 2. The molecule has 0 unspecified atom stereocenters. The van der Waals surface area contributed by atoms with E-state index >= 15 is 0 Å². The molecule has 4 aromatic rings. The van der Waals surface area contributed by atoms with Crippen LogP contribution in [-0.4, -0.2) is 0 Å². The monoisotopic (exact) mass is 630 g/mol. The first kappa shape index (κ1) is 36.3. The lowest BCUT2D eigenvalue weighted by Crippen LogP contribution is -2.06. The van der Waals surface area contributed by atoms with E-state index in [0.29, 0.717) is 0 Å². The summed E-state index contributed by atoms with van der Waals surface area (Å²) in [6, 6.07) is 16.7. The first-order valence-corrected chi connectivity index (χ1v) is 18.3. The maximum Gasteiger partial charge on any atom is 0.0314 e. The molecule has 4 aromatic carbocycles. The molecular weight excluding hydrogens is 569 g/mol. The summed E-state index contributed by atoms with van der Waals surface area (Å²) in [7, 11) is 0. The van der Waals surface area contributed by atoms with Crippen molar-refractivity contribution in [3.8, 4) is 0 Å². The van der Waals surface area contributed by atoms with Gasteiger partial charge in [-0.2, -0.15) is 0 Å². The van der Waals surface area contributed by atoms with Crippen LogP contribution in [0.4, 0.5) is 11.4 Å². The lowest BCUT2D eigenvalue weighted by Gasteiger charge is -2.21. The normalized spacial score (nSPS) is 11.4. The Morgan fingerprint density at radius 3 is 0.830 bits per heavy atom. The topological polar surface area (TPSA) is 52.0 Å². The molecule has 4 rings (SSSR count). The van der Waals surface area contributed by atoms with Gasteiger partial charge in [0, 0.05) is 11.4 Å². The molecule has 0 fully saturated rings. The highest BCUT2D eigenvalue weighted by atomic mass is 14.5. The molecule has 252 valence electrons. The van der Waals surface area contributed by atoms with Gasteiger partial charge in [0.25, 0.3) is 0 Å². The second-order valence-electron chi connectivity index (χ2n) is 14.4. The van der Waals surface area contributed by atoms with E-state index in [1.165, 1.54) is 137 Å². The third-order valence-corrected chi connectivity index (χ3v) is 11.4. The molecule has 4 N–H and O–H groups in total. The van der Waals surface area contributed by atoms with Gasteiger partial charge in [0.05, 0.1) is 0 Å². The van der Waals surface area contributed by atoms with Crippen LogP contribution in [0.3, 0.4) is 0 Å². The maximum absolute atomic E-state index is 5.91. The smallest absolute Gasteiger partial charge is 0.0314 e. The molecule has 0 bridgehead atoms. The van der Waals surface area contributed by atoms with E-state index in [2.05, 4.69) is 79.7 Å². The summed E-state index contributed by atoms with van der Waals surface area (Å²) in [5.74, 6) is 0. The molecule has 0 saturated carbocycles. The lowest BCUT2D eigenvalue weighted by atomic mass is 9.84. The Labute approximate surface area is 287 Å². The van der Waals surface area contributed by atoms with Crippen molar-refractivity contribution in [2.24, 2.45) is 0 Å². The average Bonchev–Trinajstić information content (AvgIpc) is 3.06. The van der Waals surface area contributed by atoms with Gasteiger partial charge >= 0.3 is 0 Å². The Morgan fingerprint density at radius 1 is 0.319 bits per heavy atom. The van der Waals surface area contributed by atoms with Crippen molar-refractivity contribution in [2.75, 3.05) is 11.5 Å². The Bertz CT molecular complexity index is 1440. The molecule has 0 amide bonds. The van der Waals surface area contributed by atoms with Gasteiger partial charge < -0.3 is 11.5 Å². The standard InChI is InChI=1S/C45H62N2/c1-30-34(5)44(28-38-20-24-40(46)25-21-38)35(6)31(2)42(30)18-16-14-12-10-9-11-13-15-17-19-43-32(3)36(7)45(37(8)33(43)4)29-39-22-26-41(47)27-23-39/h20-27H,9-19,28-29,46-47H2,1-8H3. The molecule has 47 heavy (non-hydrogen) atoms. The Hall–Kier alpha value is -3.52. The van der Waals surface area contributed by atoms with Crippen LogP contribution in [0, 0.1) is 55.4 Å². The van der Waals surface area contributed by atoms with Crippen LogP contribution in [0.5, 0.6) is 0 Å². The van der Waals surface area contributed by atoms with Crippen LogP contribution in [0.15, 0.2) is 48.5 Å². The highest BCUT2D eigenvalue weighted by Crippen LogP contribution is 2.31. The SMILES string of the molecule is Cc1c(C)c(Cc2ccc(N)cc2)c(C)c(C)c1CCCCCCCCCCCc1c(C)c(C)c(Cc2ccc(N)cc2)c(C)c1C. The van der Waals surface area contributed by atoms with Crippen molar-refractivity contribution >= 4 is 11.4 Å². The quantitative estimate of drug-likeness (QED) is 0.0956. The van der Waals surface area contributed by atoms with Gasteiger partial charge in [0.15, 0.2) is 0 Å². The zero-order chi connectivity index (χ0) is 34.1. The number of rotatable bonds is 16. The van der Waals surface area contributed by atoms with Crippen LogP contribution >= 0.6 is 0 Å². The van der Waals surface area contributed by atoms with Crippen molar-refractivity contribution in [2.45, 2.75) is 139 Å². The minimum absolute atomic E-state index is 0.834. The van der Waals surface area contributed by atoms with Crippen LogP contribution in [-0.2, 0) is 25.7 Å². The van der Waals surface area contributed by atoms with E-state index in [0.717, 1.165) is 24.2 Å².